The second-order valence-corrected chi connectivity index (χ2v) is 9.40. The summed E-state index contributed by atoms with van der Waals surface area (Å²) in [4.78, 5) is 28.8. The summed E-state index contributed by atoms with van der Waals surface area (Å²) in [5.41, 5.74) is 1.43. The van der Waals surface area contributed by atoms with Gasteiger partial charge in [0.25, 0.3) is 0 Å². The number of amides is 2. The number of rotatable bonds is 6. The average molecular weight is 424 g/mol. The molecule has 2 fully saturated rings. The molecule has 2 saturated heterocycles. The minimum atomic E-state index is -0.0457. The van der Waals surface area contributed by atoms with Crippen LogP contribution in [0.4, 0.5) is 11.4 Å². The maximum atomic E-state index is 13.0. The van der Waals surface area contributed by atoms with Gasteiger partial charge >= 0.3 is 0 Å². The number of ether oxygens (including phenoxy) is 1. The van der Waals surface area contributed by atoms with Gasteiger partial charge in [0.05, 0.1) is 37.1 Å². The molecule has 1 N–H and O–H groups in total. The molecule has 8 heteroatoms. The summed E-state index contributed by atoms with van der Waals surface area (Å²) >= 11 is 0. The fourth-order valence-electron chi connectivity index (χ4n) is 3.61. The molecule has 164 valence electrons. The van der Waals surface area contributed by atoms with E-state index in [1.54, 1.807) is 23.4 Å². The Morgan fingerprint density at radius 1 is 1.10 bits per heavy atom. The second-order valence-electron chi connectivity index (χ2n) is 9.40. The molecule has 1 aromatic carbocycles. The van der Waals surface area contributed by atoms with E-state index in [0.717, 1.165) is 11.4 Å². The van der Waals surface area contributed by atoms with E-state index >= 15 is 0 Å². The lowest BCUT2D eigenvalue weighted by molar-refractivity contribution is -0.141. The molecule has 2 aliphatic rings. The largest absolute Gasteiger partial charge is 0.487 e. The molecule has 8 nitrogen and oxygen atoms in total. The van der Waals surface area contributed by atoms with Gasteiger partial charge in [0.2, 0.25) is 11.8 Å². The zero-order chi connectivity index (χ0) is 22.0. The fourth-order valence-corrected chi connectivity index (χ4v) is 3.61. The van der Waals surface area contributed by atoms with Crippen molar-refractivity contribution in [2.45, 2.75) is 33.3 Å². The number of aromatic nitrogens is 2. The lowest BCUT2D eigenvalue weighted by Gasteiger charge is -2.40. The van der Waals surface area contributed by atoms with Gasteiger partial charge in [0.1, 0.15) is 11.9 Å². The van der Waals surface area contributed by atoms with Crippen LogP contribution in [0.2, 0.25) is 0 Å². The Morgan fingerprint density at radius 3 is 2.35 bits per heavy atom. The smallest absolute Gasteiger partial charge is 0.237 e. The lowest BCUT2D eigenvalue weighted by Crippen LogP contribution is -2.56. The SMILES string of the molecule is CC(C)(C)CC(=O)N1CC(Oc2ccc(N(C(=O)C3CNC3)c3ccnnc3)cc2)C1. The van der Waals surface area contributed by atoms with Gasteiger partial charge in [-0.3, -0.25) is 14.5 Å². The van der Waals surface area contributed by atoms with Crippen molar-refractivity contribution in [3.63, 3.8) is 0 Å². The van der Waals surface area contributed by atoms with Gasteiger partial charge in [-0.1, -0.05) is 20.8 Å². The van der Waals surface area contributed by atoms with Crippen molar-refractivity contribution >= 4 is 23.2 Å². The first-order valence-corrected chi connectivity index (χ1v) is 10.7. The second kappa shape index (κ2) is 8.63. The van der Waals surface area contributed by atoms with Gasteiger partial charge in [-0.25, -0.2) is 0 Å². The van der Waals surface area contributed by atoms with Crippen LogP contribution in [-0.4, -0.2) is 59.2 Å². The minimum Gasteiger partial charge on any atom is -0.487 e. The zero-order valence-corrected chi connectivity index (χ0v) is 18.2. The molecule has 0 spiro atoms. The van der Waals surface area contributed by atoms with Crippen LogP contribution in [-0.2, 0) is 9.59 Å². The fraction of sp³-hybridized carbons (Fsp3) is 0.478. The molecular formula is C23H29N5O3. The van der Waals surface area contributed by atoms with Crippen LogP contribution in [0.5, 0.6) is 5.75 Å². The molecule has 2 aliphatic heterocycles. The van der Waals surface area contributed by atoms with Gasteiger partial charge in [-0.2, -0.15) is 10.2 Å². The molecule has 0 aliphatic carbocycles. The third-order valence-electron chi connectivity index (χ3n) is 5.46. The van der Waals surface area contributed by atoms with E-state index in [2.05, 4.69) is 36.3 Å². The number of carbonyl (C=O) groups excluding carboxylic acids is 2. The quantitative estimate of drug-likeness (QED) is 0.768. The van der Waals surface area contributed by atoms with E-state index in [9.17, 15) is 9.59 Å². The standard InChI is InChI=1S/C23H29N5O3/c1-23(2,3)10-21(29)27-14-20(15-27)31-19-6-4-17(5-7-19)28(18-8-9-25-26-13-18)22(30)16-11-24-12-16/h4-9,13,16,20,24H,10-12,14-15H2,1-3H3. The van der Waals surface area contributed by atoms with Crippen LogP contribution in [0, 0.1) is 11.3 Å². The van der Waals surface area contributed by atoms with Gasteiger partial charge in [-0.05, 0) is 35.7 Å². The van der Waals surface area contributed by atoms with Crippen LogP contribution in [0.3, 0.4) is 0 Å². The molecule has 31 heavy (non-hydrogen) atoms. The van der Waals surface area contributed by atoms with Gasteiger partial charge < -0.3 is 15.0 Å². The molecule has 3 heterocycles. The number of likely N-dealkylation sites (tertiary alicyclic amines) is 1. The Kier molecular flexibility index (Phi) is 5.91. The minimum absolute atomic E-state index is 0.00190. The van der Waals surface area contributed by atoms with Crippen molar-refractivity contribution in [1.82, 2.24) is 20.4 Å². The molecule has 0 radical (unpaired) electrons. The van der Waals surface area contributed by atoms with Gasteiger partial charge in [0.15, 0.2) is 0 Å². The highest BCUT2D eigenvalue weighted by Gasteiger charge is 2.34. The monoisotopic (exact) mass is 423 g/mol. The summed E-state index contributed by atoms with van der Waals surface area (Å²) in [6.07, 6.45) is 3.71. The van der Waals surface area contributed by atoms with Gasteiger partial charge in [-0.15, -0.1) is 0 Å². The average Bonchev–Trinajstić information content (AvgIpc) is 2.63. The molecule has 0 saturated carbocycles. The predicted octanol–water partition coefficient (Wildman–Crippen LogP) is 2.39. The topological polar surface area (TPSA) is 87.7 Å². The first-order valence-electron chi connectivity index (χ1n) is 10.7. The highest BCUT2D eigenvalue weighted by atomic mass is 16.5. The van der Waals surface area contributed by atoms with Crippen molar-refractivity contribution < 1.29 is 14.3 Å². The molecule has 0 atom stereocenters. The number of nitrogens with zero attached hydrogens (tertiary/aromatic N) is 4. The molecule has 0 unspecified atom stereocenters. The van der Waals surface area contributed by atoms with E-state index < -0.39 is 0 Å². The van der Waals surface area contributed by atoms with Crippen LogP contribution in [0.1, 0.15) is 27.2 Å². The Bertz CT molecular complexity index is 916. The number of benzene rings is 1. The molecule has 1 aromatic heterocycles. The Hall–Kier alpha value is -3.00. The predicted molar refractivity (Wildman–Crippen MR) is 117 cm³/mol. The molecular weight excluding hydrogens is 394 g/mol. The number of hydrogen-bond acceptors (Lipinski definition) is 6. The van der Waals surface area contributed by atoms with Crippen LogP contribution in [0.15, 0.2) is 42.7 Å². The zero-order valence-electron chi connectivity index (χ0n) is 18.2. The first kappa shape index (κ1) is 21.2. The number of hydrogen-bond donors (Lipinski definition) is 1. The van der Waals surface area contributed by atoms with Crippen molar-refractivity contribution in [1.29, 1.82) is 0 Å². The molecule has 2 amide bonds. The summed E-state index contributed by atoms with van der Waals surface area (Å²) in [5, 5.41) is 10.9. The Morgan fingerprint density at radius 2 is 1.81 bits per heavy atom. The van der Waals surface area contributed by atoms with E-state index in [0.29, 0.717) is 38.3 Å². The van der Waals surface area contributed by atoms with Crippen molar-refractivity contribution in [2.75, 3.05) is 31.1 Å². The molecule has 2 aromatic rings. The van der Waals surface area contributed by atoms with E-state index in [1.165, 1.54) is 0 Å². The number of nitrogens with one attached hydrogen (secondary N) is 1. The lowest BCUT2D eigenvalue weighted by atomic mass is 9.91. The van der Waals surface area contributed by atoms with Crippen LogP contribution < -0.4 is 15.0 Å². The van der Waals surface area contributed by atoms with Crippen LogP contribution in [0.25, 0.3) is 0 Å². The summed E-state index contributed by atoms with van der Waals surface area (Å²) in [6, 6.07) is 9.26. The Labute approximate surface area is 182 Å². The third-order valence-corrected chi connectivity index (χ3v) is 5.46. The van der Waals surface area contributed by atoms with Crippen molar-refractivity contribution in [3.8, 4) is 5.75 Å². The van der Waals surface area contributed by atoms with E-state index in [1.807, 2.05) is 29.2 Å². The maximum Gasteiger partial charge on any atom is 0.237 e. The summed E-state index contributed by atoms with van der Waals surface area (Å²) in [5.74, 6) is 0.888. The summed E-state index contributed by atoms with van der Waals surface area (Å²) in [7, 11) is 0. The summed E-state index contributed by atoms with van der Waals surface area (Å²) < 4.78 is 6.01. The maximum absolute atomic E-state index is 13.0. The van der Waals surface area contributed by atoms with Gasteiger partial charge in [0, 0.05) is 25.2 Å². The number of carbonyl (C=O) groups is 2. The molecule has 4 rings (SSSR count). The third kappa shape index (κ3) is 5.02. The van der Waals surface area contributed by atoms with E-state index in [-0.39, 0.29) is 29.3 Å². The van der Waals surface area contributed by atoms with E-state index in [4.69, 9.17) is 4.74 Å². The Balaban J connectivity index is 1.39. The van der Waals surface area contributed by atoms with Crippen molar-refractivity contribution in [2.24, 2.45) is 11.3 Å². The normalized spacial score (nSPS) is 16.9. The highest BCUT2D eigenvalue weighted by Crippen LogP contribution is 2.30. The number of anilines is 2. The van der Waals surface area contributed by atoms with Crippen molar-refractivity contribution in [3.05, 3.63) is 42.7 Å². The molecule has 0 bridgehead atoms. The highest BCUT2D eigenvalue weighted by molar-refractivity contribution is 6.02. The summed E-state index contributed by atoms with van der Waals surface area (Å²) in [6.45, 7) is 8.78. The van der Waals surface area contributed by atoms with Crippen LogP contribution >= 0.6 is 0 Å². The first-order chi connectivity index (χ1) is 14.8.